The molecule has 1 fully saturated rings. The zero-order valence-corrected chi connectivity index (χ0v) is 19.0. The van der Waals surface area contributed by atoms with Crippen molar-refractivity contribution in [3.05, 3.63) is 59.9 Å². The number of hydrogen-bond donors (Lipinski definition) is 2. The summed E-state index contributed by atoms with van der Waals surface area (Å²) in [5, 5.41) is 5.72. The molecule has 1 heterocycles. The predicted octanol–water partition coefficient (Wildman–Crippen LogP) is 3.14. The van der Waals surface area contributed by atoms with Gasteiger partial charge in [0.2, 0.25) is 21.8 Å². The first-order chi connectivity index (χ1) is 15.2. The van der Waals surface area contributed by atoms with Crippen LogP contribution >= 0.6 is 0 Å². The minimum absolute atomic E-state index is 0.0508. The fourth-order valence-corrected chi connectivity index (χ4v) is 4.91. The molecule has 172 valence electrons. The molecule has 7 nitrogen and oxygen atoms in total. The van der Waals surface area contributed by atoms with Gasteiger partial charge in [-0.1, -0.05) is 26.0 Å². The van der Waals surface area contributed by atoms with Crippen molar-refractivity contribution in [3.8, 4) is 0 Å². The Labute approximate surface area is 188 Å². The van der Waals surface area contributed by atoms with Crippen LogP contribution in [0.15, 0.2) is 53.4 Å². The summed E-state index contributed by atoms with van der Waals surface area (Å²) in [6.07, 6.45) is 0.846. The van der Waals surface area contributed by atoms with Gasteiger partial charge >= 0.3 is 0 Å². The zero-order valence-electron chi connectivity index (χ0n) is 18.2. The number of amides is 2. The van der Waals surface area contributed by atoms with Crippen molar-refractivity contribution < 1.29 is 22.4 Å². The van der Waals surface area contributed by atoms with Crippen LogP contribution in [0.4, 0.5) is 10.1 Å². The van der Waals surface area contributed by atoms with Crippen molar-refractivity contribution in [1.29, 1.82) is 0 Å². The molecule has 0 saturated carbocycles. The number of nitrogens with zero attached hydrogens (tertiary/aromatic N) is 1. The molecule has 32 heavy (non-hydrogen) atoms. The summed E-state index contributed by atoms with van der Waals surface area (Å²) in [5.41, 5.74) is 1.60. The van der Waals surface area contributed by atoms with Gasteiger partial charge in [-0.25, -0.2) is 12.8 Å². The van der Waals surface area contributed by atoms with Gasteiger partial charge in [-0.05, 0) is 54.8 Å². The lowest BCUT2D eigenvalue weighted by molar-refractivity contribution is -0.126. The van der Waals surface area contributed by atoms with Crippen molar-refractivity contribution in [2.45, 2.75) is 38.1 Å². The second kappa shape index (κ2) is 10.2. The highest BCUT2D eigenvalue weighted by Gasteiger charge is 2.32. The van der Waals surface area contributed by atoms with E-state index in [1.807, 2.05) is 26.0 Å². The number of piperidine rings is 1. The Balaban J connectivity index is 1.48. The molecule has 0 aromatic heterocycles. The smallest absolute Gasteiger partial charge is 0.243 e. The summed E-state index contributed by atoms with van der Waals surface area (Å²) < 4.78 is 39.8. The van der Waals surface area contributed by atoms with Crippen LogP contribution in [0.5, 0.6) is 0 Å². The minimum Gasteiger partial charge on any atom is -0.352 e. The third-order valence-corrected chi connectivity index (χ3v) is 7.40. The van der Waals surface area contributed by atoms with Crippen LogP contribution in [0.2, 0.25) is 0 Å². The molecule has 9 heteroatoms. The van der Waals surface area contributed by atoms with Crippen LogP contribution in [-0.2, 0) is 26.2 Å². The normalized spacial score (nSPS) is 15.5. The van der Waals surface area contributed by atoms with Crippen LogP contribution in [0, 0.1) is 17.7 Å². The van der Waals surface area contributed by atoms with Crippen LogP contribution < -0.4 is 10.6 Å². The number of benzene rings is 2. The van der Waals surface area contributed by atoms with E-state index in [4.69, 9.17) is 0 Å². The molecular formula is C23H28FN3O4S. The average Bonchev–Trinajstić information content (AvgIpc) is 2.78. The van der Waals surface area contributed by atoms with Crippen LogP contribution in [0.1, 0.15) is 32.3 Å². The molecule has 0 aliphatic carbocycles. The quantitative estimate of drug-likeness (QED) is 0.662. The summed E-state index contributed by atoms with van der Waals surface area (Å²) in [4.78, 5) is 24.3. The van der Waals surface area contributed by atoms with E-state index in [-0.39, 0.29) is 41.6 Å². The summed E-state index contributed by atoms with van der Waals surface area (Å²) in [6, 6.07) is 12.0. The van der Waals surface area contributed by atoms with E-state index < -0.39 is 15.8 Å². The first kappa shape index (κ1) is 23.9. The van der Waals surface area contributed by atoms with E-state index in [2.05, 4.69) is 10.6 Å². The number of carbonyl (C=O) groups is 2. The third kappa shape index (κ3) is 5.92. The number of hydrogen-bond acceptors (Lipinski definition) is 4. The maximum Gasteiger partial charge on any atom is 0.243 e. The van der Waals surface area contributed by atoms with Gasteiger partial charge in [-0.2, -0.15) is 4.31 Å². The van der Waals surface area contributed by atoms with Gasteiger partial charge in [-0.15, -0.1) is 0 Å². The molecule has 2 aromatic carbocycles. The van der Waals surface area contributed by atoms with Crippen molar-refractivity contribution >= 4 is 27.5 Å². The van der Waals surface area contributed by atoms with Gasteiger partial charge in [0.15, 0.2) is 0 Å². The first-order valence-corrected chi connectivity index (χ1v) is 12.0. The summed E-state index contributed by atoms with van der Waals surface area (Å²) in [5.74, 6) is -1.03. The fourth-order valence-electron chi connectivity index (χ4n) is 3.44. The van der Waals surface area contributed by atoms with E-state index in [0.717, 1.165) is 17.7 Å². The highest BCUT2D eigenvalue weighted by atomic mass is 32.2. The Morgan fingerprint density at radius 3 is 2.19 bits per heavy atom. The Morgan fingerprint density at radius 1 is 1.03 bits per heavy atom. The Kier molecular flexibility index (Phi) is 7.63. The molecule has 0 atom stereocenters. The second-order valence-electron chi connectivity index (χ2n) is 8.19. The van der Waals surface area contributed by atoms with E-state index in [9.17, 15) is 22.4 Å². The van der Waals surface area contributed by atoms with Gasteiger partial charge in [0, 0.05) is 37.2 Å². The maximum atomic E-state index is 13.1. The molecule has 2 N–H and O–H groups in total. The van der Waals surface area contributed by atoms with E-state index in [1.54, 1.807) is 12.1 Å². The number of carbonyl (C=O) groups excluding carboxylic acids is 2. The number of rotatable bonds is 7. The number of sulfonamides is 1. The van der Waals surface area contributed by atoms with Crippen LogP contribution in [0.3, 0.4) is 0 Å². The van der Waals surface area contributed by atoms with Crippen molar-refractivity contribution in [2.24, 2.45) is 11.8 Å². The molecule has 0 spiro atoms. The van der Waals surface area contributed by atoms with Crippen LogP contribution in [0.25, 0.3) is 0 Å². The minimum atomic E-state index is -3.70. The zero-order chi connectivity index (χ0) is 23.3. The van der Waals surface area contributed by atoms with Gasteiger partial charge in [0.05, 0.1) is 4.90 Å². The Morgan fingerprint density at radius 2 is 1.62 bits per heavy atom. The molecule has 3 rings (SSSR count). The lowest BCUT2D eigenvalue weighted by atomic mass is 9.97. The van der Waals surface area contributed by atoms with Gasteiger partial charge in [0.25, 0.3) is 0 Å². The molecule has 0 unspecified atom stereocenters. The summed E-state index contributed by atoms with van der Waals surface area (Å²) in [6.45, 7) is 4.47. The Hall–Kier alpha value is -2.78. The predicted molar refractivity (Wildman–Crippen MR) is 120 cm³/mol. The third-order valence-electron chi connectivity index (χ3n) is 5.49. The molecule has 1 saturated heterocycles. The number of anilines is 1. The van der Waals surface area contributed by atoms with Gasteiger partial charge < -0.3 is 10.6 Å². The lowest BCUT2D eigenvalue weighted by Gasteiger charge is -2.30. The number of halogens is 1. The van der Waals surface area contributed by atoms with Crippen molar-refractivity contribution in [3.63, 3.8) is 0 Å². The van der Waals surface area contributed by atoms with E-state index in [1.165, 1.54) is 16.4 Å². The van der Waals surface area contributed by atoms with Crippen LogP contribution in [-0.4, -0.2) is 37.6 Å². The Bertz CT molecular complexity index is 1050. The number of nitrogens with one attached hydrogen (secondary N) is 2. The summed E-state index contributed by atoms with van der Waals surface area (Å²) >= 11 is 0. The molecule has 2 amide bonds. The molecular weight excluding hydrogens is 433 g/mol. The largest absolute Gasteiger partial charge is 0.352 e. The molecule has 1 aliphatic heterocycles. The molecule has 1 aliphatic rings. The van der Waals surface area contributed by atoms with Gasteiger partial charge in [-0.3, -0.25) is 9.59 Å². The fraction of sp³-hybridized carbons (Fsp3) is 0.391. The van der Waals surface area contributed by atoms with E-state index >= 15 is 0 Å². The first-order valence-electron chi connectivity index (χ1n) is 10.6. The second-order valence-corrected chi connectivity index (χ2v) is 10.1. The molecule has 2 aromatic rings. The molecule has 0 radical (unpaired) electrons. The lowest BCUT2D eigenvalue weighted by Crippen LogP contribution is -2.42. The standard InChI is InChI=1S/C23H28FN3O4S/c1-16(2)22(28)26-20-7-3-17(4-8-20)15-25-23(29)18-11-13-27(14-12-18)32(30,31)21-9-5-19(24)6-10-21/h3-10,16,18H,11-15H2,1-2H3,(H,25,29)(H,26,28). The van der Waals surface area contributed by atoms with Gasteiger partial charge in [0.1, 0.15) is 5.82 Å². The highest BCUT2D eigenvalue weighted by Crippen LogP contribution is 2.24. The highest BCUT2D eigenvalue weighted by molar-refractivity contribution is 7.89. The average molecular weight is 462 g/mol. The topological polar surface area (TPSA) is 95.6 Å². The maximum absolute atomic E-state index is 13.1. The molecule has 0 bridgehead atoms. The SMILES string of the molecule is CC(C)C(=O)Nc1ccc(CNC(=O)C2CCN(S(=O)(=O)c3ccc(F)cc3)CC2)cc1. The monoisotopic (exact) mass is 461 g/mol. The summed E-state index contributed by atoms with van der Waals surface area (Å²) in [7, 11) is -3.70. The van der Waals surface area contributed by atoms with Crippen molar-refractivity contribution in [2.75, 3.05) is 18.4 Å². The van der Waals surface area contributed by atoms with E-state index in [0.29, 0.717) is 25.1 Å². The van der Waals surface area contributed by atoms with Crippen molar-refractivity contribution in [1.82, 2.24) is 9.62 Å².